The van der Waals surface area contributed by atoms with E-state index in [9.17, 15) is 9.59 Å². The van der Waals surface area contributed by atoms with Gasteiger partial charge in [-0.05, 0) is 31.5 Å². The minimum Gasteiger partial charge on any atom is -0.437 e. The fourth-order valence-electron chi connectivity index (χ4n) is 3.91. The number of aryl methyl sites for hydroxylation is 1. The van der Waals surface area contributed by atoms with Crippen LogP contribution in [0.5, 0.6) is 0 Å². The van der Waals surface area contributed by atoms with E-state index in [2.05, 4.69) is 4.98 Å². The largest absolute Gasteiger partial charge is 0.437 e. The highest BCUT2D eigenvalue weighted by atomic mass is 16.3. The van der Waals surface area contributed by atoms with Gasteiger partial charge in [0.2, 0.25) is 11.1 Å². The van der Waals surface area contributed by atoms with E-state index >= 15 is 0 Å². The fraction of sp³-hybridized carbons (Fsp3) is 0.115. The van der Waals surface area contributed by atoms with Gasteiger partial charge in [-0.25, -0.2) is 0 Å². The van der Waals surface area contributed by atoms with Gasteiger partial charge in [0.25, 0.3) is 5.56 Å². The molecule has 0 bridgehead atoms. The summed E-state index contributed by atoms with van der Waals surface area (Å²) in [6.45, 7) is 3.94. The van der Waals surface area contributed by atoms with E-state index in [0.717, 1.165) is 16.7 Å². The summed E-state index contributed by atoms with van der Waals surface area (Å²) in [6.07, 6.45) is 0. The van der Waals surface area contributed by atoms with Crippen molar-refractivity contribution in [2.45, 2.75) is 19.9 Å². The number of para-hydroxylation sites is 1. The van der Waals surface area contributed by atoms with Crippen LogP contribution in [0.25, 0.3) is 33.5 Å². The maximum Gasteiger partial charge on any atom is 0.269 e. The molecule has 1 atom stereocenters. The predicted molar refractivity (Wildman–Crippen MR) is 122 cm³/mol. The zero-order chi connectivity index (χ0) is 21.5. The molecule has 5 rings (SSSR count). The van der Waals surface area contributed by atoms with Crippen LogP contribution in [0.4, 0.5) is 0 Å². The Labute approximate surface area is 178 Å². The molecule has 0 aliphatic rings. The third-order valence-corrected chi connectivity index (χ3v) is 5.63. The Bertz CT molecular complexity index is 1530. The van der Waals surface area contributed by atoms with Crippen molar-refractivity contribution in [2.24, 2.45) is 0 Å². The monoisotopic (exact) mass is 408 g/mol. The van der Waals surface area contributed by atoms with E-state index in [0.29, 0.717) is 16.8 Å². The number of hydrogen-bond acceptors (Lipinski definition) is 4. The zero-order valence-corrected chi connectivity index (χ0v) is 17.2. The molecule has 5 heteroatoms. The molecule has 0 unspecified atom stereocenters. The first-order valence-electron chi connectivity index (χ1n) is 10.1. The molecule has 31 heavy (non-hydrogen) atoms. The first-order valence-corrected chi connectivity index (χ1v) is 10.1. The molecule has 2 heterocycles. The molecule has 0 amide bonds. The molecular formula is C26H20N2O3. The van der Waals surface area contributed by atoms with E-state index in [1.165, 1.54) is 0 Å². The summed E-state index contributed by atoms with van der Waals surface area (Å²) in [7, 11) is 0. The molecule has 5 aromatic rings. The molecule has 0 aliphatic carbocycles. The first kappa shape index (κ1) is 19.0. The molecule has 152 valence electrons. The number of rotatable bonds is 3. The predicted octanol–water partition coefficient (Wildman–Crippen LogP) is 5.09. The average molecular weight is 408 g/mol. The highest BCUT2D eigenvalue weighted by molar-refractivity contribution is 5.88. The van der Waals surface area contributed by atoms with Crippen LogP contribution in [0.3, 0.4) is 0 Å². The minimum atomic E-state index is -0.406. The lowest BCUT2D eigenvalue weighted by atomic mass is 10.1. The Morgan fingerprint density at radius 2 is 1.55 bits per heavy atom. The summed E-state index contributed by atoms with van der Waals surface area (Å²) in [5.41, 5.74) is 2.53. The van der Waals surface area contributed by atoms with Crippen molar-refractivity contribution >= 4 is 22.1 Å². The van der Waals surface area contributed by atoms with Crippen molar-refractivity contribution in [3.8, 4) is 11.4 Å². The van der Waals surface area contributed by atoms with Crippen LogP contribution in [0.1, 0.15) is 24.1 Å². The van der Waals surface area contributed by atoms with Gasteiger partial charge in [0, 0.05) is 5.56 Å². The van der Waals surface area contributed by atoms with Crippen molar-refractivity contribution in [1.29, 1.82) is 0 Å². The summed E-state index contributed by atoms with van der Waals surface area (Å²) in [5, 5.41) is 0.341. The summed E-state index contributed by atoms with van der Waals surface area (Å²) >= 11 is 0. The van der Waals surface area contributed by atoms with Gasteiger partial charge in [-0.3, -0.25) is 14.2 Å². The molecule has 0 spiro atoms. The molecule has 3 aromatic carbocycles. The second kappa shape index (κ2) is 7.36. The van der Waals surface area contributed by atoms with E-state index in [1.54, 1.807) is 28.8 Å². The summed E-state index contributed by atoms with van der Waals surface area (Å²) < 4.78 is 7.50. The van der Waals surface area contributed by atoms with Gasteiger partial charge in [0.1, 0.15) is 11.4 Å². The molecule has 0 radical (unpaired) electrons. The van der Waals surface area contributed by atoms with Crippen molar-refractivity contribution in [3.05, 3.63) is 111 Å². The molecule has 0 fully saturated rings. The number of benzene rings is 3. The Balaban J connectivity index is 1.91. The van der Waals surface area contributed by atoms with E-state index in [-0.39, 0.29) is 22.6 Å². The average Bonchev–Trinajstić information content (AvgIpc) is 2.79. The Hall–Kier alpha value is -3.99. The first-order chi connectivity index (χ1) is 15.0. The van der Waals surface area contributed by atoms with Crippen LogP contribution < -0.4 is 11.0 Å². The maximum absolute atomic E-state index is 13.7. The van der Waals surface area contributed by atoms with Crippen LogP contribution in [0, 0.1) is 6.92 Å². The molecule has 0 aliphatic heterocycles. The Kier molecular flexibility index (Phi) is 4.51. The SMILES string of the molecule is Cc1ccc(-c2nc3oc4ccccc4c(=O)c3c(=O)n2[C@@H](C)c2ccccc2)cc1. The topological polar surface area (TPSA) is 65.1 Å². The minimum absolute atomic E-state index is 0.0302. The second-order valence-electron chi connectivity index (χ2n) is 7.67. The van der Waals surface area contributed by atoms with Crippen LogP contribution in [-0.2, 0) is 0 Å². The van der Waals surface area contributed by atoms with Gasteiger partial charge in [0.05, 0.1) is 11.4 Å². The van der Waals surface area contributed by atoms with E-state index in [4.69, 9.17) is 4.42 Å². The summed E-state index contributed by atoms with van der Waals surface area (Å²) in [4.78, 5) is 31.6. The lowest BCUT2D eigenvalue weighted by Gasteiger charge is -2.20. The Morgan fingerprint density at radius 3 is 2.29 bits per heavy atom. The molecular weight excluding hydrogens is 388 g/mol. The molecule has 0 saturated carbocycles. The lowest BCUT2D eigenvalue weighted by molar-refractivity contribution is 0.597. The maximum atomic E-state index is 13.7. The zero-order valence-electron chi connectivity index (χ0n) is 17.2. The molecule has 0 N–H and O–H groups in total. The van der Waals surface area contributed by atoms with Gasteiger partial charge >= 0.3 is 0 Å². The number of aromatic nitrogens is 2. The van der Waals surface area contributed by atoms with Crippen LogP contribution in [-0.4, -0.2) is 9.55 Å². The van der Waals surface area contributed by atoms with Gasteiger partial charge < -0.3 is 4.42 Å². The van der Waals surface area contributed by atoms with Gasteiger partial charge in [0.15, 0.2) is 5.39 Å². The van der Waals surface area contributed by atoms with Crippen molar-refractivity contribution in [1.82, 2.24) is 9.55 Å². The second-order valence-corrected chi connectivity index (χ2v) is 7.67. The van der Waals surface area contributed by atoms with E-state index < -0.39 is 5.56 Å². The number of nitrogens with zero attached hydrogens (tertiary/aromatic N) is 2. The van der Waals surface area contributed by atoms with Gasteiger partial charge in [-0.2, -0.15) is 4.98 Å². The van der Waals surface area contributed by atoms with Crippen molar-refractivity contribution < 1.29 is 4.42 Å². The Morgan fingerprint density at radius 1 is 0.871 bits per heavy atom. The molecule has 0 saturated heterocycles. The standard InChI is InChI=1S/C26H20N2O3/c1-16-12-14-19(15-13-16)24-27-25-22(23(29)20-10-6-7-11-21(20)31-25)26(30)28(24)17(2)18-8-4-3-5-9-18/h3-15,17H,1-2H3/t17-/m0/s1. The fourth-order valence-corrected chi connectivity index (χ4v) is 3.91. The molecule has 5 nitrogen and oxygen atoms in total. The van der Waals surface area contributed by atoms with Gasteiger partial charge in [-0.15, -0.1) is 0 Å². The van der Waals surface area contributed by atoms with Crippen LogP contribution >= 0.6 is 0 Å². The highest BCUT2D eigenvalue weighted by Crippen LogP contribution is 2.26. The third-order valence-electron chi connectivity index (χ3n) is 5.63. The highest BCUT2D eigenvalue weighted by Gasteiger charge is 2.22. The normalized spacial score (nSPS) is 12.3. The third kappa shape index (κ3) is 3.15. The van der Waals surface area contributed by atoms with Crippen LogP contribution in [0.2, 0.25) is 0 Å². The van der Waals surface area contributed by atoms with Crippen LogP contribution in [0.15, 0.2) is 92.9 Å². The summed E-state index contributed by atoms with van der Waals surface area (Å²) in [5.74, 6) is 0.465. The van der Waals surface area contributed by atoms with Crippen molar-refractivity contribution in [2.75, 3.05) is 0 Å². The van der Waals surface area contributed by atoms with Gasteiger partial charge in [-0.1, -0.05) is 72.3 Å². The lowest BCUT2D eigenvalue weighted by Crippen LogP contribution is -2.30. The van der Waals surface area contributed by atoms with E-state index in [1.807, 2.05) is 68.4 Å². The molecule has 2 aromatic heterocycles. The smallest absolute Gasteiger partial charge is 0.269 e. The summed E-state index contributed by atoms with van der Waals surface area (Å²) in [6, 6.07) is 24.1. The quantitative estimate of drug-likeness (QED) is 0.390. The van der Waals surface area contributed by atoms with Crippen molar-refractivity contribution in [3.63, 3.8) is 0 Å². The number of hydrogen-bond donors (Lipinski definition) is 0. The number of fused-ring (bicyclic) bond motifs is 2.